The summed E-state index contributed by atoms with van der Waals surface area (Å²) < 4.78 is 190. The van der Waals surface area contributed by atoms with E-state index in [-0.39, 0.29) is 164 Å². The zero-order chi connectivity index (χ0) is 109. The largest absolute Gasteiger partial charge is 0.756 e. The number of H-pyrrole nitrogens is 1. The summed E-state index contributed by atoms with van der Waals surface area (Å²) in [5, 5.41) is 56.0. The van der Waals surface area contributed by atoms with Gasteiger partial charge in [-0.25, -0.2) is 32.3 Å². The predicted octanol–water partition coefficient (Wildman–Crippen LogP) is 8.08. The van der Waals surface area contributed by atoms with Crippen molar-refractivity contribution in [3.05, 3.63) is 276 Å². The fraction of sp³-hybridized carbons (Fsp3) is 0.527. The van der Waals surface area contributed by atoms with Crippen molar-refractivity contribution in [1.29, 1.82) is 0 Å². The van der Waals surface area contributed by atoms with Crippen molar-refractivity contribution in [3.8, 4) is 0 Å². The minimum Gasteiger partial charge on any atom is -0.756 e. The monoisotopic (exact) mass is 2540 g/mol. The van der Waals surface area contributed by atoms with Crippen molar-refractivity contribution >= 4 is 55.5 Å². The summed E-state index contributed by atoms with van der Waals surface area (Å²) in [6, 6.07) is 31.4. The molecule has 826 valence electrons. The van der Waals surface area contributed by atoms with Crippen LogP contribution in [0.1, 0.15) is 182 Å². The Morgan fingerprint density at radius 3 is 0.940 bits per heavy atom. The SMILES string of the molecule is CCC(CC)CC.CCC(CC)CC.CCC1OC(n2ccc(=O)[nH]c2=O)[C@@H](OC(C)=O)C1OC(C)=O.CCC1OC(n2ccc(=O)n(CC(F)(F)c3ccccc3)c2=O)[C@@H](OC(C)=O)C1OC(C)=O.CO.FC(F)(CBr)c1ccccc1.N.O=c1ccn(C2OC(CO)C(O)[C@@H]2O)c(=O)n1CC(F)(F)c1ccccc1.O=c1ccn(C2OC(COP(=O)([O-])OP(=O)([O-])O)C(O)[C@@H]2O)c(=O)n1CC(F)(F)c1ccccc1.[Y].[Y].[Y].[Y]. The number of nitrogens with one attached hydrogen (secondary N) is 1. The normalized spacial score (nSPS) is 21.7. The summed E-state index contributed by atoms with van der Waals surface area (Å²) in [7, 11) is -10.4. The summed E-state index contributed by atoms with van der Waals surface area (Å²) in [6.45, 7) is 16.3. The fourth-order valence-corrected chi connectivity index (χ4v) is 16.8. The van der Waals surface area contributed by atoms with Crippen molar-refractivity contribution in [1.82, 2.24) is 43.1 Å². The average Bonchev–Trinajstić information content (AvgIpc) is 1.70. The number of ether oxygens (including phenoxy) is 8. The molecule has 0 aliphatic carbocycles. The number of alkyl halides is 9. The zero-order valence-corrected chi connectivity index (χ0v) is 98.9. The summed E-state index contributed by atoms with van der Waals surface area (Å²) in [4.78, 5) is 177. The molecule has 4 aliphatic heterocycles. The van der Waals surface area contributed by atoms with Crippen LogP contribution < -0.4 is 60.9 Å². The van der Waals surface area contributed by atoms with Crippen LogP contribution in [0.5, 0.6) is 0 Å². The van der Waals surface area contributed by atoms with Crippen molar-refractivity contribution in [2.24, 2.45) is 11.8 Å². The van der Waals surface area contributed by atoms with E-state index in [4.69, 9.17) is 53.0 Å². The van der Waals surface area contributed by atoms with Gasteiger partial charge in [0.1, 0.15) is 48.8 Å². The molecule has 42 nitrogen and oxygen atoms in total. The Balaban J connectivity index is 0.00000181. The predicted molar refractivity (Wildman–Crippen MR) is 507 cm³/mol. The fourth-order valence-electron chi connectivity index (χ4n) is 15.0. The van der Waals surface area contributed by atoms with Gasteiger partial charge in [-0.05, 0) is 24.7 Å². The van der Waals surface area contributed by atoms with Crippen LogP contribution in [-0.4, -0.2) is 195 Å². The van der Waals surface area contributed by atoms with Crippen molar-refractivity contribution in [2.75, 3.05) is 25.7 Å². The van der Waals surface area contributed by atoms with E-state index in [0.717, 1.165) is 94.6 Å². The summed E-state index contributed by atoms with van der Waals surface area (Å²) in [5.41, 5.74) is -8.93. The number of benzene rings is 4. The molecule has 0 amide bonds. The molecule has 150 heavy (non-hydrogen) atoms. The van der Waals surface area contributed by atoms with Crippen LogP contribution >= 0.6 is 31.6 Å². The van der Waals surface area contributed by atoms with Gasteiger partial charge in [0, 0.05) is 237 Å². The Kier molecular flexibility index (Phi) is 64.8. The van der Waals surface area contributed by atoms with E-state index in [1.165, 1.54) is 144 Å². The maximum absolute atomic E-state index is 14.8. The maximum Gasteiger partial charge on any atom is 0.333 e. The molecule has 8 heterocycles. The van der Waals surface area contributed by atoms with Gasteiger partial charge in [-0.15, -0.1) is 0 Å². The standard InChI is InChI=1S/C22H24F2N2O7.C17H20F2N2O12P2.C17H18F2N2O6.C14H18N2O7.C8H7BrF2.2C7H16.CH4O.H3N.4Y/c1-4-16-18(31-13(2)27)19(32-14(3)28)20(33-16)25-11-10-17(29)26(21(25)30)12-22(23,24)15-8-6-5-7-9-15;18-17(19,10-4-2-1-3-5-10)9-21-12(22)6-7-20(16(21)25)15-14(24)13(23)11(32-15)8-31-35(29,30)33-34(26,27)28;18-17(19,10-4-2-1-3-5-10)9-21-12(23)6-7-20(16(21)26)15-14(25)13(24)11(8-22)27-15;1-4-9-11(21-7(2)17)12(22-8(3)18)13(23-9)16-6-5-10(19)15-14(16)20;9-6-8(10,11)7-4-2-1-3-5-7;2*1-4-7(5-2)6-3;1-2;;;;;/h5-11,16,18-20H,4,12H2,1-3H3;1-7,11,13-15,23-24H,8-9H2,(H,29,30)(H2,26,27,28);1-7,11,13-15,22,24-25H,8-9H2;5-6,9,11-13H,4H2,1-3H3,(H,15,19,20);1-5H,6H2;2*7H,4-6H2,1-3H3;2H,1H3;1H3;;;;/p-2/t16?,18?,19-,20?;2*11?,13?,14-,15?;9?,11?,12-,13?;;;;;;;;;/m0000........./s1. The number of aliphatic hydroxyl groups is 6. The molecule has 4 fully saturated rings. The molecule has 12 rings (SSSR count). The number of rotatable bonds is 33. The number of esters is 4. The summed E-state index contributed by atoms with van der Waals surface area (Å²) >= 11 is 2.76. The number of hydrogen-bond acceptors (Lipinski definition) is 33. The van der Waals surface area contributed by atoms with Crippen molar-refractivity contribution in [3.63, 3.8) is 0 Å². The molecule has 4 saturated heterocycles. The molecule has 8 aromatic rings. The van der Waals surface area contributed by atoms with Gasteiger partial charge in [0.25, 0.3) is 61.6 Å². The quantitative estimate of drug-likeness (QED) is 0.00616. The number of carbonyl (C=O) groups excluding carboxylic acids is 4. The molecule has 4 aromatic carbocycles. The van der Waals surface area contributed by atoms with E-state index in [0.29, 0.717) is 26.5 Å². The van der Waals surface area contributed by atoms with E-state index in [2.05, 4.69) is 71.3 Å². The van der Waals surface area contributed by atoms with Crippen LogP contribution in [0, 0.1) is 11.8 Å². The van der Waals surface area contributed by atoms with Gasteiger partial charge < -0.3 is 93.9 Å². The number of aromatic amines is 1. The number of carbonyl (C=O) groups is 4. The van der Waals surface area contributed by atoms with Crippen molar-refractivity contribution < 1.29 is 286 Å². The summed E-state index contributed by atoms with van der Waals surface area (Å²) in [6.07, 6.45) is -7.57. The average molecular weight is 2550 g/mol. The van der Waals surface area contributed by atoms with Crippen LogP contribution in [0.3, 0.4) is 0 Å². The molecule has 11 N–H and O–H groups in total. The topological polar surface area (TPSA) is 604 Å². The molecular weight excluding hydrogens is 2420 g/mol. The zero-order valence-electron chi connectivity index (χ0n) is 84.1. The van der Waals surface area contributed by atoms with Gasteiger partial charge in [0.05, 0.1) is 38.2 Å². The van der Waals surface area contributed by atoms with Crippen LogP contribution in [0.2, 0.25) is 0 Å². The van der Waals surface area contributed by atoms with Gasteiger partial charge >= 0.3 is 46.6 Å². The number of hydrogen-bond donors (Lipinski definition) is 9. The molecule has 4 radical (unpaired) electrons. The Labute approximate surface area is 965 Å². The molecule has 0 bridgehead atoms. The van der Waals surface area contributed by atoms with E-state index < -0.39 is 245 Å². The first kappa shape index (κ1) is 144. The Morgan fingerprint density at radius 1 is 0.413 bits per heavy atom. The Hall–Kier alpha value is -6.36. The van der Waals surface area contributed by atoms with E-state index in [9.17, 15) is 132 Å². The number of phosphoric acid groups is 2. The minimum absolute atomic E-state index is 0. The molecular formula is C93H124BrF8N9O33P2Y4-2. The molecule has 18 atom stereocenters. The number of aromatic nitrogens is 8. The third-order valence-electron chi connectivity index (χ3n) is 22.8. The molecule has 4 aromatic heterocycles. The molecule has 0 spiro atoms. The first-order valence-electron chi connectivity index (χ1n) is 45.5. The first-order chi connectivity index (χ1) is 68.1. The second-order valence-electron chi connectivity index (χ2n) is 32.7. The van der Waals surface area contributed by atoms with Gasteiger partial charge in [-0.1, -0.05) is 231 Å². The number of nitrogens with zero attached hydrogens (tertiary/aromatic N) is 7. The van der Waals surface area contributed by atoms with Gasteiger partial charge in [-0.3, -0.25) is 84.4 Å². The van der Waals surface area contributed by atoms with Crippen LogP contribution in [-0.2, 0) is 249 Å². The smallest absolute Gasteiger partial charge is 0.333 e. The van der Waals surface area contributed by atoms with E-state index in [1.54, 1.807) is 37.3 Å². The molecule has 0 saturated carbocycles. The number of aliphatic hydroxyl groups excluding tert-OH is 6. The van der Waals surface area contributed by atoms with Crippen LogP contribution in [0.15, 0.2) is 209 Å². The minimum atomic E-state index is -5.73. The summed E-state index contributed by atoms with van der Waals surface area (Å²) in [5.74, 6) is -14.0. The molecule has 14 unspecified atom stereocenters. The molecule has 4 aliphatic rings. The second-order valence-corrected chi connectivity index (χ2v) is 36.0. The van der Waals surface area contributed by atoms with Crippen molar-refractivity contribution in [2.45, 2.75) is 276 Å². The van der Waals surface area contributed by atoms with Crippen LogP contribution in [0.4, 0.5) is 35.1 Å². The number of phosphoric ester groups is 1. The number of halogens is 9. The first-order valence-corrected chi connectivity index (χ1v) is 49.5. The Bertz CT molecular complexity index is 6050. The van der Waals surface area contributed by atoms with Crippen LogP contribution in [0.25, 0.3) is 0 Å². The maximum atomic E-state index is 14.8. The van der Waals surface area contributed by atoms with Gasteiger partial charge in [0.15, 0.2) is 49.3 Å². The third-order valence-corrected chi connectivity index (χ3v) is 25.6. The molecule has 57 heteroatoms. The second kappa shape index (κ2) is 67.7. The van der Waals surface area contributed by atoms with E-state index in [1.807, 2.05) is 6.92 Å². The van der Waals surface area contributed by atoms with Gasteiger partial charge in [0.2, 0.25) is 0 Å². The van der Waals surface area contributed by atoms with Gasteiger partial charge in [-0.2, -0.15) is 26.3 Å². The third kappa shape index (κ3) is 42.2. The Morgan fingerprint density at radius 2 is 0.680 bits per heavy atom. The van der Waals surface area contributed by atoms with E-state index >= 15 is 0 Å².